The van der Waals surface area contributed by atoms with Crippen LogP contribution in [0.1, 0.15) is 53.4 Å². The van der Waals surface area contributed by atoms with E-state index in [1.807, 2.05) is 0 Å². The fourth-order valence-corrected chi connectivity index (χ4v) is 6.83. The first-order chi connectivity index (χ1) is 13.1. The average molecular weight is 453 g/mol. The molecule has 9 nitrogen and oxygen atoms in total. The molecule has 0 amide bonds. The average Bonchev–Trinajstić information content (AvgIpc) is 2.27. The summed E-state index contributed by atoms with van der Waals surface area (Å²) in [6, 6.07) is 0.578. The molecule has 0 aromatic rings. The number of nitrogens with zero attached hydrogens (tertiary/aromatic N) is 1. The highest BCUT2D eigenvalue weighted by Gasteiger charge is 2.55. The zero-order valence-electron chi connectivity index (χ0n) is 17.8. The second-order valence-electron chi connectivity index (χ2n) is 9.75. The molecule has 0 atom stereocenters. The van der Waals surface area contributed by atoms with Gasteiger partial charge in [-0.3, -0.25) is 4.90 Å². The van der Waals surface area contributed by atoms with Gasteiger partial charge in [0.15, 0.2) is 0 Å². The van der Waals surface area contributed by atoms with Gasteiger partial charge in [0, 0.05) is 32.2 Å². The zero-order chi connectivity index (χ0) is 22.3. The van der Waals surface area contributed by atoms with Gasteiger partial charge in [-0.15, -0.1) is 0 Å². The summed E-state index contributed by atoms with van der Waals surface area (Å²) in [5.41, 5.74) is 0.596. The van der Waals surface area contributed by atoms with Crippen molar-refractivity contribution in [3.05, 3.63) is 0 Å². The largest absolute Gasteiger partial charge is 0.316 e. The Hall–Kier alpha value is -0.590. The molecular weight excluding hydrogens is 416 g/mol. The molecule has 0 radical (unpaired) electrons. The third-order valence-electron chi connectivity index (χ3n) is 6.38. The predicted octanol–water partition coefficient (Wildman–Crippen LogP) is -0.230. The molecule has 170 valence electrons. The quantitative estimate of drug-likeness (QED) is 0.534. The van der Waals surface area contributed by atoms with Crippen LogP contribution >= 0.6 is 0 Å². The van der Waals surface area contributed by atoms with Crippen LogP contribution in [0.3, 0.4) is 0 Å². The number of likely N-dealkylation sites (tertiary alicyclic amines) is 1. The summed E-state index contributed by atoms with van der Waals surface area (Å²) in [6.45, 7) is 11.4. The third kappa shape index (κ3) is 6.20. The van der Waals surface area contributed by atoms with E-state index in [0.29, 0.717) is 16.9 Å². The Labute approximate surface area is 175 Å². The number of rotatable bonds is 3. The summed E-state index contributed by atoms with van der Waals surface area (Å²) < 4.78 is 43.6. The van der Waals surface area contributed by atoms with Crippen LogP contribution in [0, 0.1) is 10.8 Å². The van der Waals surface area contributed by atoms with E-state index in [0.717, 1.165) is 51.9 Å². The summed E-state index contributed by atoms with van der Waals surface area (Å²) in [7, 11) is -6.51. The standard InChI is InChI=1S/C9H18N2O2S.C6H12N2O2S.C3H6O/c1-7(2)11-5-9(6-11)3-8(4-9)14(10,12)13;7-11(9,10)5-1-6(2-5)3-8-4-6;1-3(2)4/h7-8H,3-6H2,1-2H3,(H2,10,12,13);5,8H,1-4H2,(H2,7,9,10);1-2H3. The van der Waals surface area contributed by atoms with Crippen molar-refractivity contribution < 1.29 is 21.6 Å². The van der Waals surface area contributed by atoms with Gasteiger partial charge in [0.1, 0.15) is 5.78 Å². The molecule has 2 spiro atoms. The monoisotopic (exact) mass is 452 g/mol. The number of hydrogen-bond acceptors (Lipinski definition) is 7. The molecule has 0 aromatic carbocycles. The van der Waals surface area contributed by atoms with Gasteiger partial charge in [0.25, 0.3) is 0 Å². The Morgan fingerprint density at radius 3 is 1.48 bits per heavy atom. The molecule has 4 aliphatic rings. The van der Waals surface area contributed by atoms with Crippen molar-refractivity contribution in [1.82, 2.24) is 10.2 Å². The van der Waals surface area contributed by atoms with Gasteiger partial charge in [0.2, 0.25) is 20.0 Å². The molecule has 29 heavy (non-hydrogen) atoms. The second kappa shape index (κ2) is 8.51. The summed E-state index contributed by atoms with van der Waals surface area (Å²) in [4.78, 5) is 11.8. The first kappa shape index (κ1) is 24.7. The van der Waals surface area contributed by atoms with Gasteiger partial charge < -0.3 is 10.1 Å². The normalized spacial score (nSPS) is 27.3. The van der Waals surface area contributed by atoms with Crippen LogP contribution in [0.2, 0.25) is 0 Å². The van der Waals surface area contributed by atoms with E-state index in [9.17, 15) is 21.6 Å². The number of Topliss-reactive ketones (excluding diaryl/α,β-unsaturated/α-hetero) is 1. The van der Waals surface area contributed by atoms with Gasteiger partial charge in [-0.2, -0.15) is 0 Å². The van der Waals surface area contributed by atoms with Gasteiger partial charge >= 0.3 is 0 Å². The maximum Gasteiger partial charge on any atom is 0.212 e. The Kier molecular flexibility index (Phi) is 7.24. The van der Waals surface area contributed by atoms with Gasteiger partial charge in [-0.25, -0.2) is 27.1 Å². The minimum atomic E-state index is -3.27. The summed E-state index contributed by atoms with van der Waals surface area (Å²) in [6.07, 6.45) is 3.07. The molecule has 2 aliphatic carbocycles. The Morgan fingerprint density at radius 1 is 0.897 bits per heavy atom. The van der Waals surface area contributed by atoms with E-state index < -0.39 is 20.0 Å². The molecule has 2 saturated carbocycles. The maximum absolute atomic E-state index is 11.0. The lowest BCUT2D eigenvalue weighted by Gasteiger charge is -2.59. The second-order valence-corrected chi connectivity index (χ2v) is 13.4. The molecule has 4 rings (SSSR count). The highest BCUT2D eigenvalue weighted by molar-refractivity contribution is 7.90. The van der Waals surface area contributed by atoms with E-state index in [2.05, 4.69) is 24.1 Å². The van der Waals surface area contributed by atoms with E-state index in [4.69, 9.17) is 10.3 Å². The zero-order valence-corrected chi connectivity index (χ0v) is 19.5. The van der Waals surface area contributed by atoms with Crippen molar-refractivity contribution in [1.29, 1.82) is 0 Å². The van der Waals surface area contributed by atoms with Gasteiger partial charge in [-0.05, 0) is 64.2 Å². The topological polar surface area (TPSA) is 153 Å². The Bertz CT molecular complexity index is 795. The van der Waals surface area contributed by atoms with E-state index in [1.165, 1.54) is 13.8 Å². The molecule has 0 unspecified atom stereocenters. The number of ketones is 1. The lowest BCUT2D eigenvalue weighted by atomic mass is 9.63. The van der Waals surface area contributed by atoms with Crippen LogP contribution < -0.4 is 15.6 Å². The van der Waals surface area contributed by atoms with Crippen molar-refractivity contribution in [2.45, 2.75) is 69.9 Å². The molecule has 2 saturated heterocycles. The van der Waals surface area contributed by atoms with Crippen LogP contribution in [0.15, 0.2) is 0 Å². The van der Waals surface area contributed by atoms with Crippen LogP contribution in [-0.4, -0.2) is 70.2 Å². The van der Waals surface area contributed by atoms with Crippen molar-refractivity contribution in [3.8, 4) is 0 Å². The first-order valence-electron chi connectivity index (χ1n) is 10.0. The minimum Gasteiger partial charge on any atom is -0.316 e. The third-order valence-corrected chi connectivity index (χ3v) is 8.90. The van der Waals surface area contributed by atoms with E-state index >= 15 is 0 Å². The highest BCUT2D eigenvalue weighted by Crippen LogP contribution is 2.50. The lowest BCUT2D eigenvalue weighted by molar-refractivity contribution is -0.115. The van der Waals surface area contributed by atoms with Crippen molar-refractivity contribution in [3.63, 3.8) is 0 Å². The predicted molar refractivity (Wildman–Crippen MR) is 113 cm³/mol. The van der Waals surface area contributed by atoms with Crippen molar-refractivity contribution >= 4 is 25.8 Å². The summed E-state index contributed by atoms with van der Waals surface area (Å²) in [5, 5.41) is 12.7. The van der Waals surface area contributed by atoms with Gasteiger partial charge in [-0.1, -0.05) is 0 Å². The fraction of sp³-hybridized carbons (Fsp3) is 0.944. The molecule has 0 aromatic heterocycles. The van der Waals surface area contributed by atoms with Gasteiger partial charge in [0.05, 0.1) is 10.5 Å². The SMILES string of the molecule is CC(C)=O.CC(C)N1CC2(CC(S(N)(=O)=O)C2)C1.NS(=O)(=O)C1CC2(CNC2)C1. The van der Waals surface area contributed by atoms with Crippen LogP contribution in [0.25, 0.3) is 0 Å². The molecular formula is C18H36N4O5S2. The number of hydrogen-bond donors (Lipinski definition) is 3. The van der Waals surface area contributed by atoms with Crippen molar-refractivity contribution in [2.24, 2.45) is 21.1 Å². The first-order valence-corrected chi connectivity index (χ1v) is 13.2. The number of primary sulfonamides is 2. The number of sulfonamides is 2. The molecule has 4 fully saturated rings. The van der Waals surface area contributed by atoms with Crippen LogP contribution in [0.4, 0.5) is 0 Å². The number of carbonyl (C=O) groups is 1. The van der Waals surface area contributed by atoms with E-state index in [1.54, 1.807) is 0 Å². The fourth-order valence-electron chi connectivity index (χ4n) is 4.48. The van der Waals surface area contributed by atoms with Crippen molar-refractivity contribution in [2.75, 3.05) is 26.2 Å². The molecule has 2 heterocycles. The lowest BCUT2D eigenvalue weighted by Crippen LogP contribution is -2.66. The van der Waals surface area contributed by atoms with E-state index in [-0.39, 0.29) is 16.3 Å². The summed E-state index contributed by atoms with van der Waals surface area (Å²) in [5.74, 6) is 0.167. The summed E-state index contributed by atoms with van der Waals surface area (Å²) >= 11 is 0. The number of nitrogens with two attached hydrogens (primary N) is 2. The maximum atomic E-state index is 11.0. The molecule has 0 bridgehead atoms. The molecule has 5 N–H and O–H groups in total. The minimum absolute atomic E-state index is 0.167. The number of carbonyl (C=O) groups excluding carboxylic acids is 1. The molecule has 11 heteroatoms. The highest BCUT2D eigenvalue weighted by atomic mass is 32.2. The van der Waals surface area contributed by atoms with Crippen LogP contribution in [-0.2, 0) is 24.8 Å². The number of nitrogens with one attached hydrogen (secondary N) is 1. The Balaban J connectivity index is 0.000000179. The Morgan fingerprint density at radius 2 is 1.24 bits per heavy atom. The van der Waals surface area contributed by atoms with Crippen LogP contribution in [0.5, 0.6) is 0 Å². The smallest absolute Gasteiger partial charge is 0.212 e. The molecule has 2 aliphatic heterocycles.